The highest BCUT2D eigenvalue weighted by Crippen LogP contribution is 2.31. The van der Waals surface area contributed by atoms with E-state index in [1.165, 1.54) is 32.1 Å². The van der Waals surface area contributed by atoms with E-state index in [-0.39, 0.29) is 5.91 Å². The van der Waals surface area contributed by atoms with Crippen LogP contribution in [0.3, 0.4) is 0 Å². The van der Waals surface area contributed by atoms with Crippen LogP contribution in [0.15, 0.2) is 0 Å². The van der Waals surface area contributed by atoms with Crippen LogP contribution in [0.5, 0.6) is 0 Å². The summed E-state index contributed by atoms with van der Waals surface area (Å²) in [5.41, 5.74) is 5.53. The summed E-state index contributed by atoms with van der Waals surface area (Å²) >= 11 is 0. The third-order valence-electron chi connectivity index (χ3n) is 4.67. The summed E-state index contributed by atoms with van der Waals surface area (Å²) in [5.74, 6) is 0.780. The van der Waals surface area contributed by atoms with Gasteiger partial charge in [-0.25, -0.2) is 0 Å². The van der Waals surface area contributed by atoms with Gasteiger partial charge in [-0.1, -0.05) is 26.2 Å². The van der Waals surface area contributed by atoms with Crippen LogP contribution in [0.1, 0.15) is 64.7 Å². The van der Waals surface area contributed by atoms with E-state index in [1.807, 2.05) is 0 Å². The first-order valence-electron chi connectivity index (χ1n) is 7.25. The van der Waals surface area contributed by atoms with Crippen molar-refractivity contribution in [1.29, 1.82) is 0 Å². The second-order valence-corrected chi connectivity index (χ2v) is 5.90. The molecule has 2 rings (SSSR count). The molecule has 2 saturated carbocycles. The normalized spacial score (nSPS) is 26.0. The van der Waals surface area contributed by atoms with Crippen molar-refractivity contribution < 1.29 is 4.79 Å². The van der Waals surface area contributed by atoms with E-state index in [2.05, 4.69) is 12.2 Å². The van der Waals surface area contributed by atoms with Gasteiger partial charge in [-0.05, 0) is 44.4 Å². The highest BCUT2D eigenvalue weighted by atomic mass is 16.2. The van der Waals surface area contributed by atoms with Crippen LogP contribution in [-0.2, 0) is 4.79 Å². The third-order valence-corrected chi connectivity index (χ3v) is 4.67. The van der Waals surface area contributed by atoms with Crippen molar-refractivity contribution in [2.75, 3.05) is 0 Å². The zero-order valence-electron chi connectivity index (χ0n) is 11.0. The van der Waals surface area contributed by atoms with Crippen molar-refractivity contribution in [2.24, 2.45) is 11.7 Å². The van der Waals surface area contributed by atoms with Crippen LogP contribution in [0, 0.1) is 5.92 Å². The molecule has 0 spiro atoms. The largest absolute Gasteiger partial charge is 0.352 e. The second kappa shape index (κ2) is 5.38. The number of carbonyl (C=O) groups excluding carboxylic acids is 1. The maximum absolute atomic E-state index is 12.1. The van der Waals surface area contributed by atoms with Gasteiger partial charge >= 0.3 is 0 Å². The highest BCUT2D eigenvalue weighted by molar-refractivity contribution is 5.87. The molecule has 3 nitrogen and oxygen atoms in total. The topological polar surface area (TPSA) is 55.1 Å². The molecule has 3 heteroatoms. The Kier molecular flexibility index (Phi) is 4.08. The first-order valence-corrected chi connectivity index (χ1v) is 7.25. The van der Waals surface area contributed by atoms with Crippen molar-refractivity contribution in [3.05, 3.63) is 0 Å². The van der Waals surface area contributed by atoms with Gasteiger partial charge in [-0.15, -0.1) is 0 Å². The first kappa shape index (κ1) is 12.9. The monoisotopic (exact) mass is 238 g/mol. The number of nitrogens with one attached hydrogen (secondary N) is 1. The lowest BCUT2D eigenvalue weighted by Gasteiger charge is -2.39. The minimum atomic E-state index is -0.540. The van der Waals surface area contributed by atoms with Crippen molar-refractivity contribution in [3.8, 4) is 0 Å². The van der Waals surface area contributed by atoms with Crippen molar-refractivity contribution in [2.45, 2.75) is 76.3 Å². The standard InChI is InChI=1S/C14H26N2O/c1-2-12(11-7-4-3-5-8-11)16-13(17)14(15)9-6-10-14/h11-12H,2-10,15H2,1H3,(H,16,17). The zero-order valence-corrected chi connectivity index (χ0v) is 11.0. The summed E-state index contributed by atoms with van der Waals surface area (Å²) in [6, 6.07) is 0.351. The molecule has 2 fully saturated rings. The lowest BCUT2D eigenvalue weighted by atomic mass is 9.76. The van der Waals surface area contributed by atoms with Crippen LogP contribution >= 0.6 is 0 Å². The predicted molar refractivity (Wildman–Crippen MR) is 69.6 cm³/mol. The van der Waals surface area contributed by atoms with E-state index in [0.717, 1.165) is 25.7 Å². The molecule has 2 aliphatic rings. The molecule has 0 heterocycles. The molecule has 0 radical (unpaired) electrons. The van der Waals surface area contributed by atoms with Gasteiger partial charge < -0.3 is 11.1 Å². The minimum Gasteiger partial charge on any atom is -0.352 e. The first-order chi connectivity index (χ1) is 8.15. The van der Waals surface area contributed by atoms with E-state index < -0.39 is 5.54 Å². The quantitative estimate of drug-likeness (QED) is 0.790. The number of amides is 1. The van der Waals surface area contributed by atoms with Crippen LogP contribution in [0.2, 0.25) is 0 Å². The molecule has 0 aliphatic heterocycles. The van der Waals surface area contributed by atoms with Gasteiger partial charge in [0.2, 0.25) is 5.91 Å². The molecule has 1 unspecified atom stereocenters. The second-order valence-electron chi connectivity index (χ2n) is 5.90. The fourth-order valence-electron chi connectivity index (χ4n) is 3.19. The van der Waals surface area contributed by atoms with Gasteiger partial charge in [-0.3, -0.25) is 4.79 Å². The average molecular weight is 238 g/mol. The Bertz CT molecular complexity index is 267. The number of carbonyl (C=O) groups is 1. The zero-order chi connectivity index (χ0) is 12.3. The molecule has 0 saturated heterocycles. The molecule has 0 aromatic heterocycles. The lowest BCUT2D eigenvalue weighted by Crippen LogP contribution is -2.60. The van der Waals surface area contributed by atoms with Gasteiger partial charge in [0.1, 0.15) is 0 Å². The molecular formula is C14H26N2O. The van der Waals surface area contributed by atoms with Crippen molar-refractivity contribution >= 4 is 5.91 Å². The molecule has 0 aromatic carbocycles. The maximum atomic E-state index is 12.1. The molecule has 2 aliphatic carbocycles. The number of hydrogen-bond donors (Lipinski definition) is 2. The number of rotatable bonds is 4. The molecule has 17 heavy (non-hydrogen) atoms. The molecule has 0 aromatic rings. The summed E-state index contributed by atoms with van der Waals surface area (Å²) in [6.07, 6.45) is 10.4. The van der Waals surface area contributed by atoms with Gasteiger partial charge in [0.25, 0.3) is 0 Å². The van der Waals surface area contributed by atoms with Crippen molar-refractivity contribution in [3.63, 3.8) is 0 Å². The van der Waals surface area contributed by atoms with Gasteiger partial charge in [0, 0.05) is 6.04 Å². The predicted octanol–water partition coefficient (Wildman–Crippen LogP) is 2.34. The van der Waals surface area contributed by atoms with Gasteiger partial charge in [0.15, 0.2) is 0 Å². The summed E-state index contributed by atoms with van der Waals surface area (Å²) in [5, 5.41) is 3.21. The summed E-state index contributed by atoms with van der Waals surface area (Å²) < 4.78 is 0. The van der Waals surface area contributed by atoms with Gasteiger partial charge in [0.05, 0.1) is 5.54 Å². The Morgan fingerprint density at radius 2 is 1.94 bits per heavy atom. The average Bonchev–Trinajstić information content (AvgIpc) is 2.33. The molecule has 1 atom stereocenters. The highest BCUT2D eigenvalue weighted by Gasteiger charge is 2.41. The van der Waals surface area contributed by atoms with E-state index in [4.69, 9.17) is 5.73 Å². The Morgan fingerprint density at radius 1 is 1.29 bits per heavy atom. The number of hydrogen-bond acceptors (Lipinski definition) is 2. The van der Waals surface area contributed by atoms with Crippen LogP contribution in [0.4, 0.5) is 0 Å². The van der Waals surface area contributed by atoms with E-state index in [9.17, 15) is 4.79 Å². The number of nitrogens with two attached hydrogens (primary N) is 1. The van der Waals surface area contributed by atoms with Crippen LogP contribution in [-0.4, -0.2) is 17.5 Å². The Hall–Kier alpha value is -0.570. The Labute approximate surface area is 105 Å². The van der Waals surface area contributed by atoms with E-state index >= 15 is 0 Å². The molecule has 3 N–H and O–H groups in total. The molecule has 0 bridgehead atoms. The third kappa shape index (κ3) is 2.82. The molecule has 98 valence electrons. The SMILES string of the molecule is CCC(NC(=O)C1(N)CCC1)C1CCCCC1. The van der Waals surface area contributed by atoms with Gasteiger partial charge in [-0.2, -0.15) is 0 Å². The fourth-order valence-corrected chi connectivity index (χ4v) is 3.19. The smallest absolute Gasteiger partial charge is 0.240 e. The van der Waals surface area contributed by atoms with Crippen LogP contribution in [0.25, 0.3) is 0 Å². The van der Waals surface area contributed by atoms with E-state index in [1.54, 1.807) is 0 Å². The van der Waals surface area contributed by atoms with E-state index in [0.29, 0.717) is 12.0 Å². The van der Waals surface area contributed by atoms with Crippen LogP contribution < -0.4 is 11.1 Å². The Balaban J connectivity index is 1.87. The minimum absolute atomic E-state index is 0.0983. The summed E-state index contributed by atoms with van der Waals surface area (Å²) in [7, 11) is 0. The summed E-state index contributed by atoms with van der Waals surface area (Å²) in [6.45, 7) is 2.17. The summed E-state index contributed by atoms with van der Waals surface area (Å²) in [4.78, 5) is 12.1. The Morgan fingerprint density at radius 3 is 2.41 bits per heavy atom. The maximum Gasteiger partial charge on any atom is 0.240 e. The lowest BCUT2D eigenvalue weighted by molar-refractivity contribution is -0.130. The van der Waals surface area contributed by atoms with Crippen molar-refractivity contribution in [1.82, 2.24) is 5.32 Å². The molecular weight excluding hydrogens is 212 g/mol. The fraction of sp³-hybridized carbons (Fsp3) is 0.929. The molecule has 1 amide bonds.